The summed E-state index contributed by atoms with van der Waals surface area (Å²) in [4.78, 5) is 49.6. The summed E-state index contributed by atoms with van der Waals surface area (Å²) in [5.74, 6) is -2.89. The molecular formula is C18H18FN3O4. The molecule has 0 aliphatic carbocycles. The van der Waals surface area contributed by atoms with Crippen LogP contribution >= 0.6 is 0 Å². The van der Waals surface area contributed by atoms with Gasteiger partial charge in [0, 0.05) is 6.42 Å². The van der Waals surface area contributed by atoms with E-state index >= 15 is 0 Å². The van der Waals surface area contributed by atoms with E-state index < -0.39 is 35.5 Å². The summed E-state index contributed by atoms with van der Waals surface area (Å²) in [6, 6.07) is 1.54. The standard InChI is InChI=1S/C18H18FN3O4/c19-13-8-12-11(7-10(13)9-3-5-20-6-4-9)17(25)22(18(12)26)14-1-2-15(23)21-16(14)24/h7-9,14,20H,1-6H2,(H,21,23,24). The molecule has 1 aromatic carbocycles. The lowest BCUT2D eigenvalue weighted by Gasteiger charge is -2.27. The number of hydrogen-bond donors (Lipinski definition) is 2. The van der Waals surface area contributed by atoms with Crippen molar-refractivity contribution in [1.82, 2.24) is 15.5 Å². The van der Waals surface area contributed by atoms with Crippen LogP contribution in [0.2, 0.25) is 0 Å². The van der Waals surface area contributed by atoms with Crippen molar-refractivity contribution < 1.29 is 23.6 Å². The molecule has 3 aliphatic rings. The molecule has 2 saturated heterocycles. The van der Waals surface area contributed by atoms with Gasteiger partial charge in [0.05, 0.1) is 11.1 Å². The van der Waals surface area contributed by atoms with Crippen molar-refractivity contribution in [2.45, 2.75) is 37.6 Å². The Kier molecular flexibility index (Phi) is 4.07. The molecule has 2 fully saturated rings. The highest BCUT2D eigenvalue weighted by molar-refractivity contribution is 6.23. The average Bonchev–Trinajstić information content (AvgIpc) is 2.86. The maximum absolute atomic E-state index is 14.6. The summed E-state index contributed by atoms with van der Waals surface area (Å²) in [7, 11) is 0. The Bertz CT molecular complexity index is 832. The third-order valence-electron chi connectivity index (χ3n) is 5.34. The summed E-state index contributed by atoms with van der Waals surface area (Å²) >= 11 is 0. The van der Waals surface area contributed by atoms with Gasteiger partial charge >= 0.3 is 0 Å². The van der Waals surface area contributed by atoms with Crippen molar-refractivity contribution >= 4 is 23.6 Å². The van der Waals surface area contributed by atoms with Crippen molar-refractivity contribution in [3.63, 3.8) is 0 Å². The van der Waals surface area contributed by atoms with Crippen LogP contribution in [0.4, 0.5) is 4.39 Å². The highest BCUT2D eigenvalue weighted by Crippen LogP contribution is 2.34. The third-order valence-corrected chi connectivity index (χ3v) is 5.34. The molecule has 2 N–H and O–H groups in total. The molecule has 1 unspecified atom stereocenters. The van der Waals surface area contributed by atoms with Gasteiger partial charge in [0.25, 0.3) is 11.8 Å². The molecule has 4 rings (SSSR count). The van der Waals surface area contributed by atoms with Gasteiger partial charge in [0.15, 0.2) is 0 Å². The fourth-order valence-corrected chi connectivity index (χ4v) is 3.95. The second-order valence-electron chi connectivity index (χ2n) is 6.89. The lowest BCUT2D eigenvalue weighted by molar-refractivity contribution is -0.136. The second-order valence-corrected chi connectivity index (χ2v) is 6.89. The Morgan fingerprint density at radius 1 is 0.962 bits per heavy atom. The number of amides is 4. The number of piperidine rings is 2. The van der Waals surface area contributed by atoms with E-state index in [0.29, 0.717) is 5.56 Å². The van der Waals surface area contributed by atoms with Crippen molar-refractivity contribution in [2.75, 3.05) is 13.1 Å². The van der Waals surface area contributed by atoms with Crippen molar-refractivity contribution in [3.05, 3.63) is 34.6 Å². The van der Waals surface area contributed by atoms with Crippen LogP contribution in [0.5, 0.6) is 0 Å². The van der Waals surface area contributed by atoms with Crippen LogP contribution < -0.4 is 10.6 Å². The van der Waals surface area contributed by atoms with E-state index in [9.17, 15) is 23.6 Å². The van der Waals surface area contributed by atoms with E-state index in [4.69, 9.17) is 0 Å². The van der Waals surface area contributed by atoms with E-state index in [1.807, 2.05) is 0 Å². The number of nitrogens with one attached hydrogen (secondary N) is 2. The molecule has 0 saturated carbocycles. The van der Waals surface area contributed by atoms with Crippen molar-refractivity contribution in [1.29, 1.82) is 0 Å². The van der Waals surface area contributed by atoms with Gasteiger partial charge in [-0.3, -0.25) is 29.4 Å². The summed E-state index contributed by atoms with van der Waals surface area (Å²) in [5.41, 5.74) is 0.557. The predicted octanol–water partition coefficient (Wildman–Crippen LogP) is 0.694. The monoisotopic (exact) mass is 359 g/mol. The first-order chi connectivity index (χ1) is 12.5. The van der Waals surface area contributed by atoms with Crippen molar-refractivity contribution in [2.24, 2.45) is 0 Å². The highest BCUT2D eigenvalue weighted by atomic mass is 19.1. The number of hydrogen-bond acceptors (Lipinski definition) is 5. The minimum absolute atomic E-state index is 0.00546. The summed E-state index contributed by atoms with van der Waals surface area (Å²) in [6.45, 7) is 1.55. The average molecular weight is 359 g/mol. The smallest absolute Gasteiger partial charge is 0.262 e. The molecule has 0 aromatic heterocycles. The molecule has 0 bridgehead atoms. The molecule has 0 radical (unpaired) electrons. The third kappa shape index (κ3) is 2.61. The lowest BCUT2D eigenvalue weighted by atomic mass is 9.88. The molecule has 3 aliphatic heterocycles. The lowest BCUT2D eigenvalue weighted by Crippen LogP contribution is -2.54. The molecule has 7 nitrogen and oxygen atoms in total. The first-order valence-electron chi connectivity index (χ1n) is 8.73. The number of nitrogens with zero attached hydrogens (tertiary/aromatic N) is 1. The van der Waals surface area contributed by atoms with Crippen LogP contribution in [0.15, 0.2) is 12.1 Å². The molecule has 1 atom stereocenters. The normalized spacial score (nSPS) is 24.0. The number of carbonyl (C=O) groups is 4. The second kappa shape index (κ2) is 6.28. The molecule has 0 spiro atoms. The number of benzene rings is 1. The van der Waals surface area contributed by atoms with Gasteiger partial charge in [-0.15, -0.1) is 0 Å². The van der Waals surface area contributed by atoms with Gasteiger partial charge in [0.1, 0.15) is 11.9 Å². The predicted molar refractivity (Wildman–Crippen MR) is 87.9 cm³/mol. The topological polar surface area (TPSA) is 95.6 Å². The molecular weight excluding hydrogens is 341 g/mol. The number of imide groups is 2. The molecule has 1 aromatic rings. The molecule has 136 valence electrons. The Morgan fingerprint density at radius 2 is 1.62 bits per heavy atom. The maximum atomic E-state index is 14.6. The minimum atomic E-state index is -1.04. The number of halogens is 1. The van der Waals surface area contributed by atoms with Crippen LogP contribution in [0.3, 0.4) is 0 Å². The largest absolute Gasteiger partial charge is 0.317 e. The Morgan fingerprint density at radius 3 is 2.27 bits per heavy atom. The van der Waals surface area contributed by atoms with Crippen LogP contribution in [0, 0.1) is 5.82 Å². The van der Waals surface area contributed by atoms with E-state index in [1.165, 1.54) is 6.07 Å². The highest BCUT2D eigenvalue weighted by Gasteiger charge is 2.45. The fraction of sp³-hybridized carbons (Fsp3) is 0.444. The van der Waals surface area contributed by atoms with Gasteiger partial charge in [-0.2, -0.15) is 0 Å². The van der Waals surface area contributed by atoms with Crippen LogP contribution in [-0.2, 0) is 9.59 Å². The van der Waals surface area contributed by atoms with Gasteiger partial charge < -0.3 is 5.32 Å². The van der Waals surface area contributed by atoms with Gasteiger partial charge in [-0.05, 0) is 56.0 Å². The Labute approximate surface area is 148 Å². The van der Waals surface area contributed by atoms with Crippen LogP contribution in [0.1, 0.15) is 57.9 Å². The first-order valence-corrected chi connectivity index (χ1v) is 8.73. The number of rotatable bonds is 2. The molecule has 4 amide bonds. The summed E-state index contributed by atoms with van der Waals surface area (Å²) in [5, 5.41) is 5.35. The minimum Gasteiger partial charge on any atom is -0.317 e. The SMILES string of the molecule is O=C1CCC(N2C(=O)c3cc(F)c(C4CCNCC4)cc3C2=O)C(=O)N1. The van der Waals surface area contributed by atoms with E-state index in [0.717, 1.165) is 36.9 Å². The zero-order chi connectivity index (χ0) is 18.4. The van der Waals surface area contributed by atoms with E-state index in [1.54, 1.807) is 0 Å². The Hall–Kier alpha value is -2.61. The van der Waals surface area contributed by atoms with Crippen LogP contribution in [-0.4, -0.2) is 47.7 Å². The molecule has 26 heavy (non-hydrogen) atoms. The number of fused-ring (bicyclic) bond motifs is 1. The number of carbonyl (C=O) groups excluding carboxylic acids is 4. The first kappa shape index (κ1) is 16.8. The molecule has 3 heterocycles. The zero-order valence-electron chi connectivity index (χ0n) is 14.0. The van der Waals surface area contributed by atoms with E-state index in [2.05, 4.69) is 10.6 Å². The summed E-state index contributed by atoms with van der Waals surface area (Å²) in [6.07, 6.45) is 1.65. The zero-order valence-corrected chi connectivity index (χ0v) is 14.0. The quantitative estimate of drug-likeness (QED) is 0.758. The fourth-order valence-electron chi connectivity index (χ4n) is 3.95. The van der Waals surface area contributed by atoms with Gasteiger partial charge in [-0.1, -0.05) is 0 Å². The van der Waals surface area contributed by atoms with E-state index in [-0.39, 0.29) is 29.9 Å². The van der Waals surface area contributed by atoms with Gasteiger partial charge in [-0.25, -0.2) is 4.39 Å². The van der Waals surface area contributed by atoms with Gasteiger partial charge in [0.2, 0.25) is 11.8 Å². The summed E-state index contributed by atoms with van der Waals surface area (Å²) < 4.78 is 14.6. The maximum Gasteiger partial charge on any atom is 0.262 e. The molecule has 8 heteroatoms. The Balaban J connectivity index is 1.68. The van der Waals surface area contributed by atoms with Crippen LogP contribution in [0.25, 0.3) is 0 Å². The van der Waals surface area contributed by atoms with Crippen molar-refractivity contribution in [3.8, 4) is 0 Å².